The van der Waals surface area contributed by atoms with Crippen LogP contribution in [0.2, 0.25) is 0 Å². The maximum absolute atomic E-state index is 6.48. The van der Waals surface area contributed by atoms with E-state index in [4.69, 9.17) is 28.1 Å². The molecule has 0 aliphatic carbocycles. The third-order valence-corrected chi connectivity index (χ3v) is 6.73. The average molecular weight is 480 g/mol. The van der Waals surface area contributed by atoms with Crippen LogP contribution in [0.3, 0.4) is 0 Å². The Kier molecular flexibility index (Phi) is 6.52. The standard InChI is InChI=1S/C28H26B2O6/c1-3-19-10-14-21(15-11-19)29-31-18-24-25(34-29)26-27(28(33-24)32-23-8-6-5-7-9-23)36-30(35-26)22-16-12-20(4-2)13-17-22/h3-17,24-28H,1-2,18H2/t24-,25-,26+,27+,28+/m1/s1. The van der Waals surface area contributed by atoms with Gasteiger partial charge in [0.15, 0.2) is 0 Å². The van der Waals surface area contributed by atoms with E-state index in [0.717, 1.165) is 22.1 Å². The first-order chi connectivity index (χ1) is 17.7. The lowest BCUT2D eigenvalue weighted by atomic mass is 9.76. The first kappa shape index (κ1) is 23.3. The van der Waals surface area contributed by atoms with Crippen LogP contribution >= 0.6 is 0 Å². The maximum atomic E-state index is 6.48. The van der Waals surface area contributed by atoms with Crippen molar-refractivity contribution in [2.24, 2.45) is 0 Å². The first-order valence-corrected chi connectivity index (χ1v) is 12.1. The van der Waals surface area contributed by atoms with Gasteiger partial charge in [-0.2, -0.15) is 0 Å². The van der Waals surface area contributed by atoms with E-state index in [0.29, 0.717) is 12.4 Å². The third kappa shape index (κ3) is 4.54. The number of ether oxygens (including phenoxy) is 2. The van der Waals surface area contributed by atoms with Crippen LogP contribution < -0.4 is 15.7 Å². The van der Waals surface area contributed by atoms with E-state index < -0.39 is 32.7 Å². The Bertz CT molecular complexity index is 1200. The summed E-state index contributed by atoms with van der Waals surface area (Å²) in [5.74, 6) is 0.694. The topological polar surface area (TPSA) is 55.4 Å². The molecule has 0 spiro atoms. The van der Waals surface area contributed by atoms with Gasteiger partial charge in [0.05, 0.1) is 12.7 Å². The van der Waals surface area contributed by atoms with Crippen molar-refractivity contribution in [3.05, 3.63) is 103 Å². The summed E-state index contributed by atoms with van der Waals surface area (Å²) in [6, 6.07) is 25.5. The van der Waals surface area contributed by atoms with Crippen LogP contribution in [0, 0.1) is 0 Å². The normalized spacial score (nSPS) is 27.2. The van der Waals surface area contributed by atoms with Crippen molar-refractivity contribution in [2.75, 3.05) is 6.61 Å². The molecule has 3 aliphatic heterocycles. The highest BCUT2D eigenvalue weighted by Gasteiger charge is 2.58. The summed E-state index contributed by atoms with van der Waals surface area (Å²) < 4.78 is 37.9. The molecule has 8 heteroatoms. The van der Waals surface area contributed by atoms with E-state index in [9.17, 15) is 0 Å². The maximum Gasteiger partial charge on any atom is 0.494 e. The van der Waals surface area contributed by atoms with E-state index in [-0.39, 0.29) is 12.2 Å². The van der Waals surface area contributed by atoms with Gasteiger partial charge in [-0.15, -0.1) is 0 Å². The molecule has 6 nitrogen and oxygen atoms in total. The Hall–Kier alpha value is -3.13. The number of hydrogen-bond donors (Lipinski definition) is 0. The number of fused-ring (bicyclic) bond motifs is 3. The molecule has 3 heterocycles. The van der Waals surface area contributed by atoms with Gasteiger partial charge in [-0.3, -0.25) is 0 Å². The van der Waals surface area contributed by atoms with Crippen molar-refractivity contribution in [3.63, 3.8) is 0 Å². The number of benzene rings is 3. The van der Waals surface area contributed by atoms with Gasteiger partial charge in [-0.25, -0.2) is 0 Å². The highest BCUT2D eigenvalue weighted by Crippen LogP contribution is 2.36. The molecule has 0 aromatic heterocycles. The summed E-state index contributed by atoms with van der Waals surface area (Å²) in [7, 11) is -1.10. The van der Waals surface area contributed by atoms with Crippen molar-refractivity contribution >= 4 is 37.3 Å². The summed E-state index contributed by atoms with van der Waals surface area (Å²) in [5.41, 5.74) is 3.90. The van der Waals surface area contributed by atoms with Gasteiger partial charge < -0.3 is 28.1 Å². The molecular weight excluding hydrogens is 454 g/mol. The van der Waals surface area contributed by atoms with Crippen LogP contribution in [0.5, 0.6) is 5.75 Å². The number of rotatable bonds is 6. The van der Waals surface area contributed by atoms with Crippen LogP contribution in [0.1, 0.15) is 11.1 Å². The van der Waals surface area contributed by atoms with E-state index in [1.165, 1.54) is 0 Å². The minimum absolute atomic E-state index is 0.346. The summed E-state index contributed by atoms with van der Waals surface area (Å²) in [6.45, 7) is 7.99. The molecule has 3 aromatic rings. The van der Waals surface area contributed by atoms with Crippen molar-refractivity contribution in [1.29, 1.82) is 0 Å². The van der Waals surface area contributed by atoms with E-state index >= 15 is 0 Å². The fourth-order valence-electron chi connectivity index (χ4n) is 4.80. The van der Waals surface area contributed by atoms with E-state index in [1.54, 1.807) is 12.2 Å². The highest BCUT2D eigenvalue weighted by atomic mass is 16.8. The Labute approximate surface area is 211 Å². The van der Waals surface area contributed by atoms with Crippen LogP contribution in [-0.4, -0.2) is 51.5 Å². The quantitative estimate of drug-likeness (QED) is 0.506. The van der Waals surface area contributed by atoms with Gasteiger partial charge in [0.1, 0.15) is 24.1 Å². The van der Waals surface area contributed by atoms with Crippen molar-refractivity contribution in [1.82, 2.24) is 0 Å². The van der Waals surface area contributed by atoms with Crippen LogP contribution in [0.25, 0.3) is 12.2 Å². The molecule has 5 atom stereocenters. The van der Waals surface area contributed by atoms with Crippen molar-refractivity contribution in [2.45, 2.75) is 30.7 Å². The second-order valence-electron chi connectivity index (χ2n) is 9.01. The molecule has 36 heavy (non-hydrogen) atoms. The monoisotopic (exact) mass is 480 g/mol. The Morgan fingerprint density at radius 3 is 1.92 bits per heavy atom. The lowest BCUT2D eigenvalue weighted by Gasteiger charge is -2.46. The van der Waals surface area contributed by atoms with Crippen LogP contribution in [0.4, 0.5) is 0 Å². The molecule has 3 saturated heterocycles. The van der Waals surface area contributed by atoms with Gasteiger partial charge in [0.2, 0.25) is 6.29 Å². The third-order valence-electron chi connectivity index (χ3n) is 6.73. The highest BCUT2D eigenvalue weighted by molar-refractivity contribution is 6.62. The summed E-state index contributed by atoms with van der Waals surface area (Å²) in [4.78, 5) is 0. The van der Waals surface area contributed by atoms with E-state index in [1.807, 2.05) is 78.9 Å². The predicted molar refractivity (Wildman–Crippen MR) is 140 cm³/mol. The Morgan fingerprint density at radius 2 is 1.28 bits per heavy atom. The fraction of sp³-hybridized carbons (Fsp3) is 0.214. The molecule has 180 valence electrons. The lowest BCUT2D eigenvalue weighted by molar-refractivity contribution is -0.257. The van der Waals surface area contributed by atoms with Gasteiger partial charge >= 0.3 is 14.2 Å². The minimum Gasteiger partial charge on any atom is -0.462 e. The zero-order valence-electron chi connectivity index (χ0n) is 19.8. The van der Waals surface area contributed by atoms with Crippen LogP contribution in [0.15, 0.2) is 92.0 Å². The van der Waals surface area contributed by atoms with Crippen molar-refractivity contribution < 1.29 is 28.1 Å². The van der Waals surface area contributed by atoms with Gasteiger partial charge in [-0.05, 0) is 34.2 Å². The summed E-state index contributed by atoms with van der Waals surface area (Å²) >= 11 is 0. The Balaban J connectivity index is 1.26. The molecule has 0 radical (unpaired) electrons. The fourth-order valence-corrected chi connectivity index (χ4v) is 4.80. The summed E-state index contributed by atoms with van der Waals surface area (Å²) in [5, 5.41) is 0. The molecule has 3 fully saturated rings. The Morgan fingerprint density at radius 1 is 0.694 bits per heavy atom. The number of hydrogen-bond acceptors (Lipinski definition) is 6. The molecule has 0 N–H and O–H groups in total. The van der Waals surface area contributed by atoms with E-state index in [2.05, 4.69) is 13.2 Å². The zero-order chi connectivity index (χ0) is 24.5. The van der Waals surface area contributed by atoms with Gasteiger partial charge in [0.25, 0.3) is 0 Å². The smallest absolute Gasteiger partial charge is 0.462 e. The molecule has 3 aromatic carbocycles. The molecule has 0 unspecified atom stereocenters. The molecular formula is C28H26B2O6. The molecule has 0 saturated carbocycles. The average Bonchev–Trinajstić information content (AvgIpc) is 3.40. The predicted octanol–water partition coefficient (Wildman–Crippen LogP) is 3.07. The number of para-hydroxylation sites is 1. The largest absolute Gasteiger partial charge is 0.494 e. The molecule has 0 bridgehead atoms. The second kappa shape index (κ2) is 10.1. The van der Waals surface area contributed by atoms with Crippen molar-refractivity contribution in [3.8, 4) is 5.75 Å². The lowest BCUT2D eigenvalue weighted by Crippen LogP contribution is -2.65. The molecule has 0 amide bonds. The van der Waals surface area contributed by atoms with Gasteiger partial charge in [0, 0.05) is 0 Å². The SMILES string of the molecule is C=Cc1ccc(B2O[C@@H]3[C@H](O2)[C@@H](Oc2ccccc2)O[C@@H]2COB(c4ccc(C=C)cc4)O[C@@H]32)cc1. The summed E-state index contributed by atoms with van der Waals surface area (Å²) in [6.07, 6.45) is 1.29. The molecule has 6 rings (SSSR count). The van der Waals surface area contributed by atoms with Gasteiger partial charge in [-0.1, -0.05) is 92.0 Å². The zero-order valence-corrected chi connectivity index (χ0v) is 19.8. The van der Waals surface area contributed by atoms with Crippen LogP contribution in [-0.2, 0) is 23.4 Å². The molecule has 3 aliphatic rings. The minimum atomic E-state index is -0.674. The second-order valence-corrected chi connectivity index (χ2v) is 9.01. The first-order valence-electron chi connectivity index (χ1n) is 12.1.